The van der Waals surface area contributed by atoms with Crippen LogP contribution in [0.25, 0.3) is 22.3 Å². The fraction of sp³-hybridized carbons (Fsp3) is 0.185. The number of ether oxygens (including phenoxy) is 4. The quantitative estimate of drug-likeness (QED) is 0.309. The van der Waals surface area contributed by atoms with Crippen LogP contribution in [0.5, 0.6) is 11.5 Å². The van der Waals surface area contributed by atoms with E-state index in [9.17, 15) is 9.59 Å². The maximum atomic E-state index is 12.8. The maximum Gasteiger partial charge on any atom is 0.344 e. The van der Waals surface area contributed by atoms with Gasteiger partial charge in [0.15, 0.2) is 6.61 Å². The first-order chi connectivity index (χ1) is 16.6. The topological polar surface area (TPSA) is 84.2 Å². The standard InChI is InChI=1S/C27H24O7/c1-3-31-27(29)25-22-15-21(32-17-24(28)33-16-18-7-5-4-6-8-18)13-14-23(22)34-26(25)19-9-11-20(30-2)12-10-19/h4-15H,3,16-17H2,1-2H3. The van der Waals surface area contributed by atoms with Gasteiger partial charge >= 0.3 is 11.9 Å². The Morgan fingerprint density at radius 1 is 0.882 bits per heavy atom. The zero-order valence-corrected chi connectivity index (χ0v) is 18.9. The van der Waals surface area contributed by atoms with E-state index in [-0.39, 0.29) is 19.8 Å². The molecule has 0 bridgehead atoms. The smallest absolute Gasteiger partial charge is 0.344 e. The Hall–Kier alpha value is -4.26. The third-order valence-electron chi connectivity index (χ3n) is 5.09. The number of carbonyl (C=O) groups excluding carboxylic acids is 2. The van der Waals surface area contributed by atoms with Gasteiger partial charge in [0.05, 0.1) is 13.7 Å². The highest BCUT2D eigenvalue weighted by Crippen LogP contribution is 2.36. The number of esters is 2. The predicted octanol–water partition coefficient (Wildman–Crippen LogP) is 5.41. The molecule has 0 aliphatic carbocycles. The van der Waals surface area contributed by atoms with Crippen LogP contribution in [0.4, 0.5) is 0 Å². The average molecular weight is 460 g/mol. The lowest BCUT2D eigenvalue weighted by molar-refractivity contribution is -0.147. The van der Waals surface area contributed by atoms with Crippen molar-refractivity contribution < 1.29 is 33.0 Å². The minimum absolute atomic E-state index is 0.169. The fourth-order valence-electron chi connectivity index (χ4n) is 3.44. The lowest BCUT2D eigenvalue weighted by Gasteiger charge is -2.08. The summed E-state index contributed by atoms with van der Waals surface area (Å²) in [7, 11) is 1.58. The molecule has 0 aliphatic heterocycles. The van der Waals surface area contributed by atoms with E-state index in [0.29, 0.717) is 39.4 Å². The van der Waals surface area contributed by atoms with Crippen LogP contribution in [-0.2, 0) is 20.9 Å². The van der Waals surface area contributed by atoms with E-state index in [1.807, 2.05) is 30.3 Å². The molecule has 174 valence electrons. The third kappa shape index (κ3) is 5.20. The van der Waals surface area contributed by atoms with Crippen LogP contribution in [0.1, 0.15) is 22.8 Å². The van der Waals surface area contributed by atoms with E-state index in [0.717, 1.165) is 5.56 Å². The molecule has 7 heteroatoms. The summed E-state index contributed by atoms with van der Waals surface area (Å²) in [4.78, 5) is 24.9. The Bertz CT molecular complexity index is 1270. The zero-order chi connectivity index (χ0) is 23.9. The molecule has 7 nitrogen and oxygen atoms in total. The van der Waals surface area contributed by atoms with Crippen molar-refractivity contribution in [3.63, 3.8) is 0 Å². The van der Waals surface area contributed by atoms with E-state index in [1.54, 1.807) is 56.5 Å². The molecule has 0 saturated carbocycles. The van der Waals surface area contributed by atoms with E-state index in [1.165, 1.54) is 0 Å². The van der Waals surface area contributed by atoms with E-state index in [4.69, 9.17) is 23.4 Å². The summed E-state index contributed by atoms with van der Waals surface area (Å²) in [5, 5.41) is 0.527. The number of hydrogen-bond acceptors (Lipinski definition) is 7. The van der Waals surface area contributed by atoms with Gasteiger partial charge in [-0.3, -0.25) is 0 Å². The third-order valence-corrected chi connectivity index (χ3v) is 5.09. The lowest BCUT2D eigenvalue weighted by atomic mass is 10.1. The molecule has 0 atom stereocenters. The first kappa shape index (κ1) is 22.9. The van der Waals surface area contributed by atoms with Crippen LogP contribution in [0.3, 0.4) is 0 Å². The second-order valence-electron chi connectivity index (χ2n) is 7.35. The molecule has 0 saturated heterocycles. The SMILES string of the molecule is CCOC(=O)c1c(-c2ccc(OC)cc2)oc2ccc(OCC(=O)OCc3ccccc3)cc12. The van der Waals surface area contributed by atoms with Gasteiger partial charge in [-0.25, -0.2) is 9.59 Å². The van der Waals surface area contributed by atoms with Crippen molar-refractivity contribution in [3.8, 4) is 22.8 Å². The fourth-order valence-corrected chi connectivity index (χ4v) is 3.44. The highest BCUT2D eigenvalue weighted by molar-refractivity contribution is 6.09. The Morgan fingerprint density at radius 2 is 1.62 bits per heavy atom. The maximum absolute atomic E-state index is 12.8. The van der Waals surface area contributed by atoms with Crippen LogP contribution in [0.15, 0.2) is 77.2 Å². The van der Waals surface area contributed by atoms with Crippen molar-refractivity contribution in [2.75, 3.05) is 20.3 Å². The number of carbonyl (C=O) groups is 2. The van der Waals surface area contributed by atoms with Gasteiger partial charge in [0.25, 0.3) is 0 Å². The van der Waals surface area contributed by atoms with Crippen molar-refractivity contribution in [2.45, 2.75) is 13.5 Å². The van der Waals surface area contributed by atoms with Crippen LogP contribution < -0.4 is 9.47 Å². The Morgan fingerprint density at radius 3 is 2.32 bits per heavy atom. The molecular weight excluding hydrogens is 436 g/mol. The molecule has 0 unspecified atom stereocenters. The molecule has 1 heterocycles. The first-order valence-electron chi connectivity index (χ1n) is 10.8. The molecule has 34 heavy (non-hydrogen) atoms. The summed E-state index contributed by atoms with van der Waals surface area (Å²) in [5.74, 6) is 0.465. The summed E-state index contributed by atoms with van der Waals surface area (Å²) in [6.45, 7) is 1.86. The lowest BCUT2D eigenvalue weighted by Crippen LogP contribution is -2.14. The van der Waals surface area contributed by atoms with E-state index >= 15 is 0 Å². The van der Waals surface area contributed by atoms with E-state index in [2.05, 4.69) is 0 Å². The summed E-state index contributed by atoms with van der Waals surface area (Å²) in [6.07, 6.45) is 0. The summed E-state index contributed by atoms with van der Waals surface area (Å²) >= 11 is 0. The molecule has 0 N–H and O–H groups in total. The van der Waals surface area contributed by atoms with Crippen molar-refractivity contribution in [3.05, 3.63) is 83.9 Å². The number of furan rings is 1. The van der Waals surface area contributed by atoms with Crippen molar-refractivity contribution in [1.29, 1.82) is 0 Å². The normalized spacial score (nSPS) is 10.6. The van der Waals surface area contributed by atoms with Crippen LogP contribution in [-0.4, -0.2) is 32.3 Å². The van der Waals surface area contributed by atoms with Crippen LogP contribution in [0.2, 0.25) is 0 Å². The molecule has 0 amide bonds. The molecule has 4 aromatic rings. The second-order valence-corrected chi connectivity index (χ2v) is 7.35. The van der Waals surface area contributed by atoms with Gasteiger partial charge in [-0.05, 0) is 55.0 Å². The molecule has 0 spiro atoms. The molecular formula is C27H24O7. The minimum atomic E-state index is -0.508. The number of methoxy groups -OCH3 is 1. The average Bonchev–Trinajstić information content (AvgIpc) is 3.26. The molecule has 3 aromatic carbocycles. The van der Waals surface area contributed by atoms with Crippen molar-refractivity contribution in [1.82, 2.24) is 0 Å². The van der Waals surface area contributed by atoms with Gasteiger partial charge < -0.3 is 23.4 Å². The van der Waals surface area contributed by atoms with Gasteiger partial charge in [-0.15, -0.1) is 0 Å². The molecule has 0 radical (unpaired) electrons. The van der Waals surface area contributed by atoms with Gasteiger partial charge in [0.1, 0.15) is 35.0 Å². The highest BCUT2D eigenvalue weighted by Gasteiger charge is 2.24. The number of fused-ring (bicyclic) bond motifs is 1. The van der Waals surface area contributed by atoms with Gasteiger partial charge in [0.2, 0.25) is 0 Å². The predicted molar refractivity (Wildman–Crippen MR) is 126 cm³/mol. The first-order valence-corrected chi connectivity index (χ1v) is 10.8. The van der Waals surface area contributed by atoms with Crippen molar-refractivity contribution >= 4 is 22.9 Å². The second kappa shape index (κ2) is 10.6. The Labute approximate surface area is 196 Å². The Balaban J connectivity index is 1.56. The highest BCUT2D eigenvalue weighted by atomic mass is 16.6. The van der Waals surface area contributed by atoms with Gasteiger partial charge in [-0.2, -0.15) is 0 Å². The zero-order valence-electron chi connectivity index (χ0n) is 18.9. The van der Waals surface area contributed by atoms with E-state index < -0.39 is 11.9 Å². The monoisotopic (exact) mass is 460 g/mol. The summed E-state index contributed by atoms with van der Waals surface area (Å²) < 4.78 is 27.4. The van der Waals surface area contributed by atoms with Crippen molar-refractivity contribution in [2.24, 2.45) is 0 Å². The minimum Gasteiger partial charge on any atom is -0.497 e. The van der Waals surface area contributed by atoms with Crippen LogP contribution in [0, 0.1) is 0 Å². The summed E-state index contributed by atoms with van der Waals surface area (Å²) in [6, 6.07) is 21.6. The van der Waals surface area contributed by atoms with Crippen LogP contribution >= 0.6 is 0 Å². The van der Waals surface area contributed by atoms with Gasteiger partial charge in [-0.1, -0.05) is 30.3 Å². The largest absolute Gasteiger partial charge is 0.497 e. The number of rotatable bonds is 9. The van der Waals surface area contributed by atoms with Gasteiger partial charge in [0, 0.05) is 10.9 Å². The number of hydrogen-bond donors (Lipinski definition) is 0. The summed E-state index contributed by atoms with van der Waals surface area (Å²) in [5.41, 5.74) is 2.37. The molecule has 1 aromatic heterocycles. The molecule has 0 fully saturated rings. The molecule has 0 aliphatic rings. The molecule has 4 rings (SSSR count). The Kier molecular flexibility index (Phi) is 7.13. The number of benzene rings is 3.